The Morgan fingerprint density at radius 3 is 2.88 bits per heavy atom. The lowest BCUT2D eigenvalue weighted by Gasteiger charge is -2.11. The highest BCUT2D eigenvalue weighted by atomic mass is 16.1. The molecule has 1 unspecified atom stereocenters. The van der Waals surface area contributed by atoms with Crippen LogP contribution in [0, 0.1) is 0 Å². The highest BCUT2D eigenvalue weighted by Gasteiger charge is 2.14. The molecule has 4 nitrogen and oxygen atoms in total. The van der Waals surface area contributed by atoms with E-state index in [9.17, 15) is 4.79 Å². The molecule has 0 saturated carbocycles. The summed E-state index contributed by atoms with van der Waals surface area (Å²) in [6.45, 7) is 3.01. The molecule has 1 amide bonds. The highest BCUT2D eigenvalue weighted by molar-refractivity contribution is 5.78. The monoisotopic (exact) mass is 233 g/mol. The first-order valence-corrected chi connectivity index (χ1v) is 6.09. The normalized spacial score (nSPS) is 19.2. The van der Waals surface area contributed by atoms with Crippen molar-refractivity contribution in [1.82, 2.24) is 16.0 Å². The number of hydrogen-bond donors (Lipinski definition) is 3. The third-order valence-electron chi connectivity index (χ3n) is 2.94. The number of amides is 1. The molecule has 92 valence electrons. The maximum Gasteiger partial charge on any atom is 0.234 e. The molecule has 0 aliphatic carbocycles. The van der Waals surface area contributed by atoms with Crippen molar-refractivity contribution in [3.63, 3.8) is 0 Å². The fraction of sp³-hybridized carbons (Fsp3) is 0.462. The number of carbonyl (C=O) groups excluding carboxylic acids is 1. The van der Waals surface area contributed by atoms with Gasteiger partial charge in [0.15, 0.2) is 0 Å². The molecule has 0 spiro atoms. The molecule has 1 fully saturated rings. The summed E-state index contributed by atoms with van der Waals surface area (Å²) in [5, 5.41) is 9.40. The van der Waals surface area contributed by atoms with Crippen LogP contribution in [0.2, 0.25) is 0 Å². The molecule has 1 saturated heterocycles. The topological polar surface area (TPSA) is 53.2 Å². The first kappa shape index (κ1) is 12.1. The van der Waals surface area contributed by atoms with Crippen molar-refractivity contribution < 1.29 is 4.79 Å². The molecule has 1 aromatic rings. The Morgan fingerprint density at radius 1 is 1.35 bits per heavy atom. The lowest BCUT2D eigenvalue weighted by atomic mass is 10.2. The third-order valence-corrected chi connectivity index (χ3v) is 2.94. The summed E-state index contributed by atoms with van der Waals surface area (Å²) in [7, 11) is 0. The molecular weight excluding hydrogens is 214 g/mol. The van der Waals surface area contributed by atoms with Gasteiger partial charge in [0, 0.05) is 19.1 Å². The number of carbonyl (C=O) groups is 1. The molecule has 0 radical (unpaired) electrons. The first-order chi connectivity index (χ1) is 8.34. The minimum absolute atomic E-state index is 0.0563. The van der Waals surface area contributed by atoms with Gasteiger partial charge in [0.25, 0.3) is 0 Å². The van der Waals surface area contributed by atoms with E-state index in [1.54, 1.807) is 0 Å². The predicted octanol–water partition coefficient (Wildman–Crippen LogP) is 0.254. The second kappa shape index (κ2) is 6.37. The van der Waals surface area contributed by atoms with Crippen LogP contribution < -0.4 is 16.0 Å². The van der Waals surface area contributed by atoms with Gasteiger partial charge in [-0.15, -0.1) is 0 Å². The molecule has 3 N–H and O–H groups in total. The molecule has 4 heteroatoms. The van der Waals surface area contributed by atoms with Crippen LogP contribution in [-0.4, -0.2) is 31.6 Å². The van der Waals surface area contributed by atoms with E-state index >= 15 is 0 Å². The van der Waals surface area contributed by atoms with Crippen LogP contribution in [0.15, 0.2) is 30.3 Å². The van der Waals surface area contributed by atoms with Crippen LogP contribution in [0.3, 0.4) is 0 Å². The SMILES string of the molecule is O=C(CNC1CCNC1)NCc1ccccc1. The largest absolute Gasteiger partial charge is 0.351 e. The molecule has 0 aromatic heterocycles. The van der Waals surface area contributed by atoms with E-state index in [1.165, 1.54) is 0 Å². The smallest absolute Gasteiger partial charge is 0.234 e. The van der Waals surface area contributed by atoms with Gasteiger partial charge in [-0.05, 0) is 18.5 Å². The van der Waals surface area contributed by atoms with Crippen molar-refractivity contribution in [2.75, 3.05) is 19.6 Å². The molecule has 1 aliphatic heterocycles. The van der Waals surface area contributed by atoms with E-state index in [0.717, 1.165) is 25.1 Å². The Morgan fingerprint density at radius 2 is 2.18 bits per heavy atom. The number of benzene rings is 1. The van der Waals surface area contributed by atoms with Crippen LogP contribution in [0.4, 0.5) is 0 Å². The van der Waals surface area contributed by atoms with Crippen LogP contribution >= 0.6 is 0 Å². The van der Waals surface area contributed by atoms with E-state index in [1.807, 2.05) is 30.3 Å². The van der Waals surface area contributed by atoms with Crippen molar-refractivity contribution >= 4 is 5.91 Å². The molecule has 1 heterocycles. The lowest BCUT2D eigenvalue weighted by Crippen LogP contribution is -2.39. The van der Waals surface area contributed by atoms with Gasteiger partial charge in [-0.2, -0.15) is 0 Å². The van der Waals surface area contributed by atoms with Crippen LogP contribution in [-0.2, 0) is 11.3 Å². The van der Waals surface area contributed by atoms with Gasteiger partial charge >= 0.3 is 0 Å². The van der Waals surface area contributed by atoms with Crippen LogP contribution in [0.5, 0.6) is 0 Å². The minimum Gasteiger partial charge on any atom is -0.351 e. The summed E-state index contributed by atoms with van der Waals surface area (Å²) in [6, 6.07) is 10.4. The molecule has 1 aromatic carbocycles. The van der Waals surface area contributed by atoms with E-state index in [2.05, 4.69) is 16.0 Å². The van der Waals surface area contributed by atoms with Gasteiger partial charge in [0.2, 0.25) is 5.91 Å². The Labute approximate surface area is 102 Å². The molecule has 0 bridgehead atoms. The average molecular weight is 233 g/mol. The van der Waals surface area contributed by atoms with Gasteiger partial charge in [-0.25, -0.2) is 0 Å². The number of rotatable bonds is 5. The summed E-state index contributed by atoms with van der Waals surface area (Å²) >= 11 is 0. The predicted molar refractivity (Wildman–Crippen MR) is 67.6 cm³/mol. The maximum absolute atomic E-state index is 11.6. The Bertz CT molecular complexity index is 347. The number of nitrogens with one attached hydrogen (secondary N) is 3. The summed E-state index contributed by atoms with van der Waals surface area (Å²) in [4.78, 5) is 11.6. The fourth-order valence-electron chi connectivity index (χ4n) is 1.92. The standard InChI is InChI=1S/C13H19N3O/c17-13(10-15-12-6-7-14-9-12)16-8-11-4-2-1-3-5-11/h1-5,12,14-15H,6-10H2,(H,16,17). The van der Waals surface area contributed by atoms with E-state index in [-0.39, 0.29) is 5.91 Å². The van der Waals surface area contributed by atoms with E-state index in [0.29, 0.717) is 19.1 Å². The zero-order valence-electron chi connectivity index (χ0n) is 9.91. The van der Waals surface area contributed by atoms with Crippen molar-refractivity contribution in [2.24, 2.45) is 0 Å². The van der Waals surface area contributed by atoms with Gasteiger partial charge in [-0.3, -0.25) is 4.79 Å². The van der Waals surface area contributed by atoms with Crippen LogP contribution in [0.25, 0.3) is 0 Å². The van der Waals surface area contributed by atoms with Crippen molar-refractivity contribution in [3.05, 3.63) is 35.9 Å². The third kappa shape index (κ3) is 4.17. The zero-order chi connectivity index (χ0) is 11.9. The minimum atomic E-state index is 0.0563. The Balaban J connectivity index is 1.64. The number of hydrogen-bond acceptors (Lipinski definition) is 3. The summed E-state index contributed by atoms with van der Waals surface area (Å²) < 4.78 is 0. The van der Waals surface area contributed by atoms with Gasteiger partial charge in [0.1, 0.15) is 0 Å². The molecular formula is C13H19N3O. The average Bonchev–Trinajstić information content (AvgIpc) is 2.88. The lowest BCUT2D eigenvalue weighted by molar-refractivity contribution is -0.120. The van der Waals surface area contributed by atoms with Gasteiger partial charge in [-0.1, -0.05) is 30.3 Å². The molecule has 1 atom stereocenters. The summed E-state index contributed by atoms with van der Waals surface area (Å²) in [6.07, 6.45) is 1.10. The zero-order valence-corrected chi connectivity index (χ0v) is 9.91. The van der Waals surface area contributed by atoms with Gasteiger partial charge in [0.05, 0.1) is 6.54 Å². The Hall–Kier alpha value is -1.39. The second-order valence-corrected chi connectivity index (χ2v) is 4.33. The van der Waals surface area contributed by atoms with Crippen molar-refractivity contribution in [2.45, 2.75) is 19.0 Å². The summed E-state index contributed by atoms with van der Waals surface area (Å²) in [5.41, 5.74) is 1.13. The van der Waals surface area contributed by atoms with E-state index < -0.39 is 0 Å². The van der Waals surface area contributed by atoms with Crippen molar-refractivity contribution in [1.29, 1.82) is 0 Å². The summed E-state index contributed by atoms with van der Waals surface area (Å²) in [5.74, 6) is 0.0563. The van der Waals surface area contributed by atoms with E-state index in [4.69, 9.17) is 0 Å². The Kier molecular flexibility index (Phi) is 4.53. The second-order valence-electron chi connectivity index (χ2n) is 4.33. The van der Waals surface area contributed by atoms with Gasteiger partial charge < -0.3 is 16.0 Å². The highest BCUT2D eigenvalue weighted by Crippen LogP contribution is 1.97. The maximum atomic E-state index is 11.6. The quantitative estimate of drug-likeness (QED) is 0.683. The molecule has 2 rings (SSSR count). The van der Waals surface area contributed by atoms with Crippen molar-refractivity contribution in [3.8, 4) is 0 Å². The first-order valence-electron chi connectivity index (χ1n) is 6.09. The fourth-order valence-corrected chi connectivity index (χ4v) is 1.92. The molecule has 1 aliphatic rings. The molecule has 17 heavy (non-hydrogen) atoms. The van der Waals surface area contributed by atoms with Crippen LogP contribution in [0.1, 0.15) is 12.0 Å².